The van der Waals surface area contributed by atoms with Gasteiger partial charge in [0, 0.05) is 12.6 Å². The summed E-state index contributed by atoms with van der Waals surface area (Å²) in [6.45, 7) is 2.20. The van der Waals surface area contributed by atoms with Crippen LogP contribution in [0.15, 0.2) is 0 Å². The minimum Gasteiger partial charge on any atom is -0.443 e. The van der Waals surface area contributed by atoms with E-state index in [-0.39, 0.29) is 12.2 Å². The quantitative estimate of drug-likeness (QED) is 0.754. The number of nitrogens with two attached hydrogens (primary N) is 1. The van der Waals surface area contributed by atoms with Crippen molar-refractivity contribution in [3.05, 3.63) is 0 Å². The number of ether oxygens (including phenoxy) is 1. The van der Waals surface area contributed by atoms with Gasteiger partial charge in [-0.05, 0) is 32.4 Å². The lowest BCUT2D eigenvalue weighted by Crippen LogP contribution is -2.46. The van der Waals surface area contributed by atoms with Crippen molar-refractivity contribution >= 4 is 6.09 Å². The third-order valence-electron chi connectivity index (χ3n) is 3.98. The first-order valence-corrected chi connectivity index (χ1v) is 6.55. The predicted octanol–water partition coefficient (Wildman–Crippen LogP) is 0.544. The van der Waals surface area contributed by atoms with Crippen LogP contribution in [0.2, 0.25) is 0 Å². The Morgan fingerprint density at radius 3 is 2.88 bits per heavy atom. The summed E-state index contributed by atoms with van der Waals surface area (Å²) in [5, 5.41) is 2.69. The molecule has 1 aliphatic heterocycles. The van der Waals surface area contributed by atoms with E-state index < -0.39 is 0 Å². The summed E-state index contributed by atoms with van der Waals surface area (Å²) in [5.41, 5.74) is 5.84. The molecule has 2 aliphatic rings. The fourth-order valence-electron chi connectivity index (χ4n) is 3.03. The van der Waals surface area contributed by atoms with Crippen LogP contribution >= 0.6 is 0 Å². The molecule has 0 radical (unpaired) electrons. The van der Waals surface area contributed by atoms with Crippen molar-refractivity contribution in [2.45, 2.75) is 37.8 Å². The molecule has 2 rings (SSSR count). The summed E-state index contributed by atoms with van der Waals surface area (Å²) in [4.78, 5) is 13.3. The van der Waals surface area contributed by atoms with Gasteiger partial charge in [0.05, 0.1) is 6.54 Å². The second-order valence-electron chi connectivity index (χ2n) is 5.20. The van der Waals surface area contributed by atoms with Crippen molar-refractivity contribution in [1.29, 1.82) is 0 Å². The second kappa shape index (κ2) is 5.69. The zero-order valence-corrected chi connectivity index (χ0v) is 10.5. The zero-order valence-electron chi connectivity index (χ0n) is 10.5. The molecule has 98 valence electrons. The van der Waals surface area contributed by atoms with Crippen molar-refractivity contribution in [3.63, 3.8) is 0 Å². The Balaban J connectivity index is 1.85. The molecule has 17 heavy (non-hydrogen) atoms. The number of carbonyl (C=O) groups is 1. The summed E-state index contributed by atoms with van der Waals surface area (Å²) < 4.78 is 5.17. The Bertz CT molecular complexity index is 272. The number of rotatable bonds is 4. The van der Waals surface area contributed by atoms with Gasteiger partial charge in [0.1, 0.15) is 6.10 Å². The van der Waals surface area contributed by atoms with Crippen LogP contribution in [0, 0.1) is 5.92 Å². The summed E-state index contributed by atoms with van der Waals surface area (Å²) in [6, 6.07) is 0.549. The first-order valence-electron chi connectivity index (χ1n) is 6.55. The molecular formula is C12H23N3O2. The van der Waals surface area contributed by atoms with Crippen LogP contribution in [0.3, 0.4) is 0 Å². The largest absolute Gasteiger partial charge is 0.443 e. The lowest BCUT2D eigenvalue weighted by Gasteiger charge is -2.38. The molecule has 5 heteroatoms. The Hall–Kier alpha value is -0.810. The fraction of sp³-hybridized carbons (Fsp3) is 0.917. The average molecular weight is 241 g/mol. The van der Waals surface area contributed by atoms with Gasteiger partial charge >= 0.3 is 6.09 Å². The molecule has 1 aliphatic carbocycles. The number of nitrogens with zero attached hydrogens (tertiary/aromatic N) is 1. The van der Waals surface area contributed by atoms with Gasteiger partial charge in [0.2, 0.25) is 0 Å². The number of amides is 1. The smallest absolute Gasteiger partial charge is 0.407 e. The van der Waals surface area contributed by atoms with Gasteiger partial charge in [0.15, 0.2) is 0 Å². The van der Waals surface area contributed by atoms with Crippen molar-refractivity contribution in [1.82, 2.24) is 10.2 Å². The predicted molar refractivity (Wildman–Crippen MR) is 65.7 cm³/mol. The first-order chi connectivity index (χ1) is 8.20. The number of alkyl carbamates (subject to hydrolysis) is 1. The van der Waals surface area contributed by atoms with E-state index >= 15 is 0 Å². The molecule has 0 spiro atoms. The summed E-state index contributed by atoms with van der Waals surface area (Å²) in [6.07, 6.45) is 4.73. The lowest BCUT2D eigenvalue weighted by atomic mass is 9.83. The number of nitrogens with one attached hydrogen (secondary N) is 1. The molecule has 3 N–H and O–H groups in total. The molecule has 3 unspecified atom stereocenters. The number of hydrogen-bond donors (Lipinski definition) is 2. The molecule has 0 aromatic rings. The van der Waals surface area contributed by atoms with Crippen molar-refractivity contribution in [2.24, 2.45) is 11.7 Å². The van der Waals surface area contributed by atoms with Gasteiger partial charge in [-0.1, -0.05) is 12.8 Å². The maximum absolute atomic E-state index is 11.0. The minimum absolute atomic E-state index is 0.00662. The van der Waals surface area contributed by atoms with Gasteiger partial charge < -0.3 is 15.8 Å². The van der Waals surface area contributed by atoms with Crippen molar-refractivity contribution in [3.8, 4) is 0 Å². The topological polar surface area (TPSA) is 67.6 Å². The molecule has 1 amide bonds. The number of cyclic esters (lactones) is 1. The summed E-state index contributed by atoms with van der Waals surface area (Å²) in [7, 11) is 2.12. The maximum atomic E-state index is 11.0. The van der Waals surface area contributed by atoms with Gasteiger partial charge in [-0.2, -0.15) is 0 Å². The Labute approximate surface area is 103 Å². The third-order valence-corrected chi connectivity index (χ3v) is 3.98. The van der Waals surface area contributed by atoms with Crippen molar-refractivity contribution in [2.75, 3.05) is 26.7 Å². The van der Waals surface area contributed by atoms with Crippen LogP contribution in [0.25, 0.3) is 0 Å². The molecular weight excluding hydrogens is 218 g/mol. The van der Waals surface area contributed by atoms with E-state index in [9.17, 15) is 4.79 Å². The number of likely N-dealkylation sites (N-methyl/N-ethyl adjacent to an activating group) is 1. The summed E-state index contributed by atoms with van der Waals surface area (Å²) in [5.74, 6) is 0.596. The van der Waals surface area contributed by atoms with E-state index in [0.29, 0.717) is 18.5 Å². The second-order valence-corrected chi connectivity index (χ2v) is 5.20. The fourth-order valence-corrected chi connectivity index (χ4v) is 3.03. The van der Waals surface area contributed by atoms with Gasteiger partial charge in [-0.15, -0.1) is 0 Å². The lowest BCUT2D eigenvalue weighted by molar-refractivity contribution is 0.0735. The normalized spacial score (nSPS) is 33.6. The van der Waals surface area contributed by atoms with E-state index in [1.165, 1.54) is 25.7 Å². The average Bonchev–Trinajstić information content (AvgIpc) is 2.74. The SMILES string of the molecule is CN(CC1CNC(=O)O1)C1CCCCC1CN. The first kappa shape index (κ1) is 12.6. The van der Waals surface area contributed by atoms with E-state index in [1.54, 1.807) is 0 Å². The molecule has 1 saturated heterocycles. The number of hydrogen-bond acceptors (Lipinski definition) is 4. The van der Waals surface area contributed by atoms with E-state index in [0.717, 1.165) is 13.1 Å². The maximum Gasteiger partial charge on any atom is 0.407 e. The van der Waals surface area contributed by atoms with Gasteiger partial charge in [0.25, 0.3) is 0 Å². The van der Waals surface area contributed by atoms with Crippen LogP contribution in [-0.4, -0.2) is 49.8 Å². The highest BCUT2D eigenvalue weighted by molar-refractivity contribution is 5.69. The van der Waals surface area contributed by atoms with E-state index in [2.05, 4.69) is 17.3 Å². The zero-order chi connectivity index (χ0) is 12.3. The third kappa shape index (κ3) is 3.10. The molecule has 0 aromatic carbocycles. The minimum atomic E-state index is -0.289. The van der Waals surface area contributed by atoms with Gasteiger partial charge in [-0.25, -0.2) is 4.79 Å². The molecule has 3 atom stereocenters. The monoisotopic (exact) mass is 241 g/mol. The molecule has 1 saturated carbocycles. The van der Waals surface area contributed by atoms with E-state index in [1.807, 2.05) is 0 Å². The molecule has 1 heterocycles. The Morgan fingerprint density at radius 2 is 2.24 bits per heavy atom. The van der Waals surface area contributed by atoms with Crippen molar-refractivity contribution < 1.29 is 9.53 Å². The highest BCUT2D eigenvalue weighted by atomic mass is 16.6. The molecule has 2 fully saturated rings. The van der Waals surface area contributed by atoms with Gasteiger partial charge in [-0.3, -0.25) is 4.90 Å². The Kier molecular flexibility index (Phi) is 4.23. The number of carbonyl (C=O) groups excluding carboxylic acids is 1. The standard InChI is InChI=1S/C12H23N3O2/c1-15(8-10-7-14-12(16)17-10)11-5-3-2-4-9(11)6-13/h9-11H,2-8,13H2,1H3,(H,14,16). The molecule has 0 bridgehead atoms. The van der Waals surface area contributed by atoms with E-state index in [4.69, 9.17) is 10.5 Å². The summed E-state index contributed by atoms with van der Waals surface area (Å²) >= 11 is 0. The van der Waals surface area contributed by atoms with Crippen LogP contribution in [-0.2, 0) is 4.74 Å². The highest BCUT2D eigenvalue weighted by Crippen LogP contribution is 2.27. The van der Waals surface area contributed by atoms with Crippen LogP contribution < -0.4 is 11.1 Å². The molecule has 5 nitrogen and oxygen atoms in total. The molecule has 0 aromatic heterocycles. The highest BCUT2D eigenvalue weighted by Gasteiger charge is 2.31. The van der Waals surface area contributed by atoms with Crippen LogP contribution in [0.4, 0.5) is 4.79 Å². The Morgan fingerprint density at radius 1 is 1.47 bits per heavy atom. The van der Waals surface area contributed by atoms with Crippen LogP contribution in [0.1, 0.15) is 25.7 Å². The van der Waals surface area contributed by atoms with Crippen LogP contribution in [0.5, 0.6) is 0 Å².